The number of amides is 1. The molecule has 1 amide bonds. The van der Waals surface area contributed by atoms with Crippen LogP contribution < -0.4 is 10.6 Å². The van der Waals surface area contributed by atoms with E-state index in [2.05, 4.69) is 21.7 Å². The molecule has 4 rings (SSSR count). The van der Waals surface area contributed by atoms with Crippen molar-refractivity contribution < 1.29 is 9.59 Å². The molecule has 1 aliphatic heterocycles. The molecule has 1 saturated heterocycles. The fourth-order valence-corrected chi connectivity index (χ4v) is 4.06. The van der Waals surface area contributed by atoms with E-state index in [9.17, 15) is 9.59 Å². The molecule has 5 nitrogen and oxygen atoms in total. The number of ketones is 1. The number of Topliss-reactive ketones (excluding diaryl/α,β-unsaturated/α-hetero) is 1. The molecule has 1 aromatic heterocycles. The second kappa shape index (κ2) is 8.80. The molecule has 0 saturated carbocycles. The lowest BCUT2D eigenvalue weighted by Crippen LogP contribution is -2.37. The van der Waals surface area contributed by atoms with Gasteiger partial charge in [-0.25, -0.2) is 0 Å². The first-order chi connectivity index (χ1) is 14.1. The van der Waals surface area contributed by atoms with Crippen LogP contribution in [0, 0.1) is 5.92 Å². The fraction of sp³-hybridized carbons (Fsp3) is 0.304. The van der Waals surface area contributed by atoms with Crippen molar-refractivity contribution in [3.05, 3.63) is 64.8 Å². The number of fused-ring (bicyclic) bond motifs is 1. The molecule has 6 heteroatoms. The van der Waals surface area contributed by atoms with Crippen LogP contribution in [-0.2, 0) is 11.2 Å². The number of nitrogens with one attached hydrogen (secondary N) is 3. The summed E-state index contributed by atoms with van der Waals surface area (Å²) in [5, 5.41) is 7.81. The number of para-hydroxylation sites is 1. The molecule has 1 unspecified atom stereocenters. The van der Waals surface area contributed by atoms with E-state index >= 15 is 0 Å². The van der Waals surface area contributed by atoms with E-state index < -0.39 is 0 Å². The summed E-state index contributed by atoms with van der Waals surface area (Å²) >= 11 is 6.14. The van der Waals surface area contributed by atoms with Gasteiger partial charge in [0.25, 0.3) is 0 Å². The Balaban J connectivity index is 1.48. The van der Waals surface area contributed by atoms with Gasteiger partial charge in [-0.2, -0.15) is 0 Å². The monoisotopic (exact) mass is 409 g/mol. The molecule has 29 heavy (non-hydrogen) atoms. The number of carbonyl (C=O) groups excluding carboxylic acids is 2. The second-order valence-corrected chi connectivity index (χ2v) is 7.94. The lowest BCUT2D eigenvalue weighted by atomic mass is 9.97. The number of rotatable bonds is 6. The number of anilines is 1. The zero-order chi connectivity index (χ0) is 20.2. The summed E-state index contributed by atoms with van der Waals surface area (Å²) < 4.78 is 0. The van der Waals surface area contributed by atoms with Crippen molar-refractivity contribution in [1.82, 2.24) is 10.3 Å². The van der Waals surface area contributed by atoms with Crippen LogP contribution in [0.1, 0.15) is 35.2 Å². The van der Waals surface area contributed by atoms with Crippen LogP contribution in [0.5, 0.6) is 0 Å². The molecule has 0 bridgehead atoms. The summed E-state index contributed by atoms with van der Waals surface area (Å²) in [6.45, 7) is 1.62. The van der Waals surface area contributed by atoms with Crippen molar-refractivity contribution in [2.24, 2.45) is 5.92 Å². The molecule has 1 atom stereocenters. The number of aromatic nitrogens is 1. The lowest BCUT2D eigenvalue weighted by molar-refractivity contribution is -0.120. The molecular weight excluding hydrogens is 386 g/mol. The third kappa shape index (κ3) is 4.52. The highest BCUT2D eigenvalue weighted by Crippen LogP contribution is 2.25. The van der Waals surface area contributed by atoms with Crippen LogP contribution in [-0.4, -0.2) is 29.8 Å². The minimum absolute atomic E-state index is 0.0325. The summed E-state index contributed by atoms with van der Waals surface area (Å²) in [4.78, 5) is 28.8. The van der Waals surface area contributed by atoms with E-state index in [4.69, 9.17) is 11.6 Å². The maximum Gasteiger partial charge on any atom is 0.228 e. The van der Waals surface area contributed by atoms with Crippen molar-refractivity contribution in [3.8, 4) is 0 Å². The van der Waals surface area contributed by atoms with Gasteiger partial charge in [-0.3, -0.25) is 9.59 Å². The molecule has 2 aromatic carbocycles. The zero-order valence-corrected chi connectivity index (χ0v) is 16.9. The average molecular weight is 410 g/mol. The maximum absolute atomic E-state index is 13.0. The predicted molar refractivity (Wildman–Crippen MR) is 117 cm³/mol. The van der Waals surface area contributed by atoms with Crippen LogP contribution in [0.2, 0.25) is 5.02 Å². The number of aromatic amines is 1. The van der Waals surface area contributed by atoms with Gasteiger partial charge in [-0.15, -0.1) is 0 Å². The van der Waals surface area contributed by atoms with E-state index in [0.717, 1.165) is 35.9 Å². The quantitative estimate of drug-likeness (QED) is 0.522. The smallest absolute Gasteiger partial charge is 0.228 e. The summed E-state index contributed by atoms with van der Waals surface area (Å²) in [6, 6.07) is 13.1. The van der Waals surface area contributed by atoms with Crippen molar-refractivity contribution in [2.45, 2.75) is 25.7 Å². The normalized spacial score (nSPS) is 16.7. The largest absolute Gasteiger partial charge is 0.361 e. The van der Waals surface area contributed by atoms with E-state index in [0.29, 0.717) is 35.7 Å². The Kier molecular flexibility index (Phi) is 5.97. The van der Waals surface area contributed by atoms with Crippen molar-refractivity contribution in [3.63, 3.8) is 0 Å². The third-order valence-corrected chi connectivity index (χ3v) is 5.74. The highest BCUT2D eigenvalue weighted by atomic mass is 35.5. The van der Waals surface area contributed by atoms with E-state index in [-0.39, 0.29) is 17.6 Å². The van der Waals surface area contributed by atoms with Gasteiger partial charge in [0, 0.05) is 40.7 Å². The molecule has 3 N–H and O–H groups in total. The van der Waals surface area contributed by atoms with Gasteiger partial charge in [-0.05, 0) is 55.6 Å². The summed E-state index contributed by atoms with van der Waals surface area (Å²) in [7, 11) is 0. The van der Waals surface area contributed by atoms with Crippen LogP contribution in [0.15, 0.2) is 48.7 Å². The molecule has 2 heterocycles. The first kappa shape index (κ1) is 19.7. The Morgan fingerprint density at radius 2 is 2.03 bits per heavy atom. The Morgan fingerprint density at radius 3 is 2.86 bits per heavy atom. The first-order valence-electron chi connectivity index (χ1n) is 10.0. The minimum atomic E-state index is -0.0754. The number of carbonyl (C=O) groups is 2. The van der Waals surface area contributed by atoms with Gasteiger partial charge in [0.15, 0.2) is 5.78 Å². The highest BCUT2D eigenvalue weighted by molar-refractivity contribution is 6.31. The lowest BCUT2D eigenvalue weighted by Gasteiger charge is -2.22. The number of hydrogen-bond donors (Lipinski definition) is 3. The fourth-order valence-electron chi connectivity index (χ4n) is 3.89. The van der Waals surface area contributed by atoms with Gasteiger partial charge >= 0.3 is 0 Å². The highest BCUT2D eigenvalue weighted by Gasteiger charge is 2.23. The van der Waals surface area contributed by atoms with Gasteiger partial charge in [0.05, 0.1) is 11.6 Å². The molecule has 0 radical (unpaired) electrons. The van der Waals surface area contributed by atoms with Crippen molar-refractivity contribution in [1.29, 1.82) is 0 Å². The van der Waals surface area contributed by atoms with Crippen LogP contribution >= 0.6 is 11.6 Å². The number of halogens is 1. The summed E-state index contributed by atoms with van der Waals surface area (Å²) in [6.07, 6.45) is 4.76. The van der Waals surface area contributed by atoms with Gasteiger partial charge < -0.3 is 15.6 Å². The number of benzene rings is 2. The Labute approximate surface area is 174 Å². The minimum Gasteiger partial charge on any atom is -0.361 e. The Bertz CT molecular complexity index is 1040. The molecular formula is C23H24ClN3O2. The number of piperidine rings is 1. The average Bonchev–Trinajstić information content (AvgIpc) is 3.17. The summed E-state index contributed by atoms with van der Waals surface area (Å²) in [5.41, 5.74) is 3.17. The van der Waals surface area contributed by atoms with Crippen molar-refractivity contribution in [2.75, 3.05) is 18.4 Å². The second-order valence-electron chi connectivity index (χ2n) is 7.51. The Hall–Kier alpha value is -2.63. The third-order valence-electron chi connectivity index (χ3n) is 5.50. The maximum atomic E-state index is 13.0. The Morgan fingerprint density at radius 1 is 1.17 bits per heavy atom. The van der Waals surface area contributed by atoms with Crippen LogP contribution in [0.4, 0.5) is 5.69 Å². The SMILES string of the molecule is O=C(CCc1c[nH]c2ccccc12)c1cc(Cl)ccc1NC(=O)C1CCCNC1. The number of aryl methyl sites for hydroxylation is 1. The molecule has 1 fully saturated rings. The van der Waals surface area contributed by atoms with Crippen LogP contribution in [0.3, 0.4) is 0 Å². The topological polar surface area (TPSA) is 74.0 Å². The van der Waals surface area contributed by atoms with Crippen molar-refractivity contribution >= 4 is 39.9 Å². The predicted octanol–water partition coefficient (Wildman–Crippen LogP) is 4.57. The molecule has 3 aromatic rings. The molecule has 0 aliphatic carbocycles. The van der Waals surface area contributed by atoms with Gasteiger partial charge in [-0.1, -0.05) is 29.8 Å². The van der Waals surface area contributed by atoms with E-state index in [1.54, 1.807) is 18.2 Å². The van der Waals surface area contributed by atoms with Gasteiger partial charge in [0.1, 0.15) is 0 Å². The summed E-state index contributed by atoms with van der Waals surface area (Å²) in [5.74, 6) is -0.159. The number of H-pyrrole nitrogens is 1. The molecule has 0 spiro atoms. The van der Waals surface area contributed by atoms with Crippen LogP contribution in [0.25, 0.3) is 10.9 Å². The van der Waals surface area contributed by atoms with E-state index in [1.165, 1.54) is 0 Å². The number of hydrogen-bond acceptors (Lipinski definition) is 3. The molecule has 150 valence electrons. The molecule has 1 aliphatic rings. The first-order valence-corrected chi connectivity index (χ1v) is 10.4. The van der Waals surface area contributed by atoms with Gasteiger partial charge in [0.2, 0.25) is 5.91 Å². The zero-order valence-electron chi connectivity index (χ0n) is 16.1. The van der Waals surface area contributed by atoms with E-state index in [1.807, 2.05) is 24.4 Å². The standard InChI is InChI=1S/C23H24ClN3O2/c24-17-8-9-21(27-23(29)16-4-3-11-25-13-16)19(12-17)22(28)10-7-15-14-26-20-6-2-1-5-18(15)20/h1-2,5-6,8-9,12,14,16,25-26H,3-4,7,10-11,13H2,(H,27,29).